The summed E-state index contributed by atoms with van der Waals surface area (Å²) in [6.07, 6.45) is 0. The van der Waals surface area contributed by atoms with Crippen molar-refractivity contribution in [1.82, 2.24) is 0 Å². The molecule has 0 bridgehead atoms. The Bertz CT molecular complexity index is 409. The van der Waals surface area contributed by atoms with Crippen LogP contribution in [-0.4, -0.2) is 25.7 Å². The number of carbonyl (C=O) groups excluding carboxylic acids is 2. The van der Waals surface area contributed by atoms with Crippen molar-refractivity contribution in [2.24, 2.45) is 0 Å². The summed E-state index contributed by atoms with van der Waals surface area (Å²) in [6, 6.07) is 4.92. The van der Waals surface area contributed by atoms with Crippen LogP contribution in [0.2, 0.25) is 0 Å². The highest BCUT2D eigenvalue weighted by atomic mass is 16.5. The molecule has 0 aromatic heterocycles. The fraction of sp³-hybridized carbons (Fsp3) is 0.333. The average molecular weight is 222 g/mol. The highest BCUT2D eigenvalue weighted by Gasteiger charge is 2.18. The SMILES string of the molecule is CCOC(=O)c1cc(C)ccc1C(=O)OC. The van der Waals surface area contributed by atoms with E-state index in [0.717, 1.165) is 5.56 Å². The molecule has 0 N–H and O–H groups in total. The van der Waals surface area contributed by atoms with Crippen molar-refractivity contribution in [3.05, 3.63) is 34.9 Å². The van der Waals surface area contributed by atoms with E-state index in [1.807, 2.05) is 6.92 Å². The minimum atomic E-state index is -0.539. The van der Waals surface area contributed by atoms with Crippen molar-refractivity contribution in [2.75, 3.05) is 13.7 Å². The van der Waals surface area contributed by atoms with Crippen LogP contribution in [0, 0.1) is 6.92 Å². The Balaban J connectivity index is 3.17. The number of aryl methyl sites for hydroxylation is 1. The van der Waals surface area contributed by atoms with E-state index >= 15 is 0 Å². The summed E-state index contributed by atoms with van der Waals surface area (Å²) in [6.45, 7) is 3.82. The number of carbonyl (C=O) groups is 2. The Morgan fingerprint density at radius 2 is 1.88 bits per heavy atom. The Morgan fingerprint density at radius 1 is 1.19 bits per heavy atom. The molecule has 0 saturated heterocycles. The number of methoxy groups -OCH3 is 1. The van der Waals surface area contributed by atoms with Gasteiger partial charge in [-0.2, -0.15) is 0 Å². The van der Waals surface area contributed by atoms with Gasteiger partial charge in [0.05, 0.1) is 24.8 Å². The molecule has 86 valence electrons. The van der Waals surface area contributed by atoms with E-state index in [0.29, 0.717) is 0 Å². The maximum Gasteiger partial charge on any atom is 0.339 e. The van der Waals surface area contributed by atoms with Gasteiger partial charge >= 0.3 is 11.9 Å². The minimum Gasteiger partial charge on any atom is -0.465 e. The monoisotopic (exact) mass is 222 g/mol. The zero-order valence-electron chi connectivity index (χ0n) is 9.57. The van der Waals surface area contributed by atoms with Crippen LogP contribution < -0.4 is 0 Å². The first-order valence-corrected chi connectivity index (χ1v) is 4.96. The summed E-state index contributed by atoms with van der Waals surface area (Å²) in [5.41, 5.74) is 1.36. The van der Waals surface area contributed by atoms with Crippen LogP contribution in [0.25, 0.3) is 0 Å². The lowest BCUT2D eigenvalue weighted by Gasteiger charge is -2.07. The van der Waals surface area contributed by atoms with Crippen molar-refractivity contribution >= 4 is 11.9 Å². The van der Waals surface area contributed by atoms with Gasteiger partial charge in [0.15, 0.2) is 0 Å². The number of hydrogen-bond acceptors (Lipinski definition) is 4. The molecule has 1 aromatic carbocycles. The van der Waals surface area contributed by atoms with Crippen LogP contribution in [0.15, 0.2) is 18.2 Å². The molecule has 1 rings (SSSR count). The third-order valence-electron chi connectivity index (χ3n) is 2.08. The average Bonchev–Trinajstić information content (AvgIpc) is 2.28. The fourth-order valence-corrected chi connectivity index (χ4v) is 1.32. The summed E-state index contributed by atoms with van der Waals surface area (Å²) in [4.78, 5) is 23.0. The Hall–Kier alpha value is -1.84. The molecule has 0 atom stereocenters. The van der Waals surface area contributed by atoms with Crippen LogP contribution in [-0.2, 0) is 9.47 Å². The molecule has 0 fully saturated rings. The molecule has 0 aliphatic rings. The lowest BCUT2D eigenvalue weighted by Crippen LogP contribution is -2.13. The zero-order chi connectivity index (χ0) is 12.1. The van der Waals surface area contributed by atoms with Crippen molar-refractivity contribution in [2.45, 2.75) is 13.8 Å². The van der Waals surface area contributed by atoms with Gasteiger partial charge in [-0.25, -0.2) is 9.59 Å². The lowest BCUT2D eigenvalue weighted by molar-refractivity contribution is 0.0504. The molecule has 4 nitrogen and oxygen atoms in total. The van der Waals surface area contributed by atoms with E-state index in [1.165, 1.54) is 7.11 Å². The molecule has 1 aromatic rings. The molecule has 0 amide bonds. The molecule has 0 aliphatic carbocycles. The predicted molar refractivity (Wildman–Crippen MR) is 58.5 cm³/mol. The molecule has 0 radical (unpaired) electrons. The molecule has 0 heterocycles. The second-order valence-corrected chi connectivity index (χ2v) is 3.26. The van der Waals surface area contributed by atoms with Crippen LogP contribution >= 0.6 is 0 Å². The van der Waals surface area contributed by atoms with Gasteiger partial charge in [-0.3, -0.25) is 0 Å². The lowest BCUT2D eigenvalue weighted by atomic mass is 10.0. The molecular formula is C12H14O4. The Morgan fingerprint density at radius 3 is 2.44 bits per heavy atom. The van der Waals surface area contributed by atoms with E-state index in [-0.39, 0.29) is 17.7 Å². The maximum atomic E-state index is 11.6. The van der Waals surface area contributed by atoms with Crippen LogP contribution in [0.4, 0.5) is 0 Å². The van der Waals surface area contributed by atoms with Crippen molar-refractivity contribution in [3.63, 3.8) is 0 Å². The second kappa shape index (κ2) is 5.30. The second-order valence-electron chi connectivity index (χ2n) is 3.26. The van der Waals surface area contributed by atoms with Gasteiger partial charge in [0.25, 0.3) is 0 Å². The molecule has 16 heavy (non-hydrogen) atoms. The quantitative estimate of drug-likeness (QED) is 0.733. The van der Waals surface area contributed by atoms with Gasteiger partial charge in [0.2, 0.25) is 0 Å². The van der Waals surface area contributed by atoms with Gasteiger partial charge in [0.1, 0.15) is 0 Å². The van der Waals surface area contributed by atoms with Gasteiger partial charge in [-0.15, -0.1) is 0 Å². The van der Waals surface area contributed by atoms with Crippen LogP contribution in [0.1, 0.15) is 33.2 Å². The third-order valence-corrected chi connectivity index (χ3v) is 2.08. The first kappa shape index (κ1) is 12.2. The van der Waals surface area contributed by atoms with Gasteiger partial charge in [-0.05, 0) is 26.0 Å². The molecule has 4 heteroatoms. The summed E-state index contributed by atoms with van der Waals surface area (Å²) in [7, 11) is 1.27. The zero-order valence-corrected chi connectivity index (χ0v) is 9.57. The summed E-state index contributed by atoms with van der Waals surface area (Å²) in [5.74, 6) is -1.05. The third kappa shape index (κ3) is 2.59. The standard InChI is InChI=1S/C12H14O4/c1-4-16-12(14)10-7-8(2)5-6-9(10)11(13)15-3/h5-7H,4H2,1-3H3. The molecule has 0 saturated carbocycles. The van der Waals surface area contributed by atoms with Gasteiger partial charge in [0, 0.05) is 0 Å². The van der Waals surface area contributed by atoms with E-state index in [1.54, 1.807) is 25.1 Å². The minimum absolute atomic E-state index is 0.228. The predicted octanol–water partition coefficient (Wildman–Crippen LogP) is 1.96. The van der Waals surface area contributed by atoms with Crippen molar-refractivity contribution < 1.29 is 19.1 Å². The highest BCUT2D eigenvalue weighted by molar-refractivity contribution is 6.03. The number of hydrogen-bond donors (Lipinski definition) is 0. The van der Waals surface area contributed by atoms with E-state index in [2.05, 4.69) is 4.74 Å². The number of esters is 2. The number of benzene rings is 1. The van der Waals surface area contributed by atoms with Crippen molar-refractivity contribution in [1.29, 1.82) is 0 Å². The highest BCUT2D eigenvalue weighted by Crippen LogP contribution is 2.14. The fourth-order valence-electron chi connectivity index (χ4n) is 1.32. The summed E-state index contributed by atoms with van der Waals surface area (Å²) >= 11 is 0. The molecular weight excluding hydrogens is 208 g/mol. The topological polar surface area (TPSA) is 52.6 Å². The smallest absolute Gasteiger partial charge is 0.339 e. The molecule has 0 aliphatic heterocycles. The first-order valence-electron chi connectivity index (χ1n) is 4.96. The van der Waals surface area contributed by atoms with Crippen molar-refractivity contribution in [3.8, 4) is 0 Å². The molecule has 0 unspecified atom stereocenters. The van der Waals surface area contributed by atoms with E-state index < -0.39 is 11.9 Å². The van der Waals surface area contributed by atoms with E-state index in [4.69, 9.17) is 4.74 Å². The number of ether oxygens (including phenoxy) is 2. The van der Waals surface area contributed by atoms with Crippen LogP contribution in [0.5, 0.6) is 0 Å². The largest absolute Gasteiger partial charge is 0.465 e. The summed E-state index contributed by atoms with van der Waals surface area (Å²) in [5, 5.41) is 0. The Kier molecular flexibility index (Phi) is 4.05. The van der Waals surface area contributed by atoms with Gasteiger partial charge < -0.3 is 9.47 Å². The molecule has 0 spiro atoms. The maximum absolute atomic E-state index is 11.6. The van der Waals surface area contributed by atoms with E-state index in [9.17, 15) is 9.59 Å². The Labute approximate surface area is 94.2 Å². The normalized spacial score (nSPS) is 9.69. The van der Waals surface area contributed by atoms with Gasteiger partial charge in [-0.1, -0.05) is 11.6 Å². The number of rotatable bonds is 3. The first-order chi connectivity index (χ1) is 7.60. The summed E-state index contributed by atoms with van der Waals surface area (Å²) < 4.78 is 9.47. The van der Waals surface area contributed by atoms with Crippen LogP contribution in [0.3, 0.4) is 0 Å².